The van der Waals surface area contributed by atoms with Crippen molar-refractivity contribution >= 4 is 17.6 Å². The van der Waals surface area contributed by atoms with Gasteiger partial charge in [-0.1, -0.05) is 18.2 Å². The topological polar surface area (TPSA) is 68.3 Å². The number of hydrogen-bond acceptors (Lipinski definition) is 6. The average molecular weight is 414 g/mol. The number of carbonyl (C=O) groups excluding carboxylic acids is 2. The second-order valence-corrected chi connectivity index (χ2v) is 7.17. The molecule has 1 amide bonds. The number of piperazine rings is 1. The highest BCUT2D eigenvalue weighted by Crippen LogP contribution is 2.32. The van der Waals surface area contributed by atoms with Gasteiger partial charge in [-0.15, -0.1) is 0 Å². The Bertz CT molecular complexity index is 927. The number of ether oxygens (including phenoxy) is 3. The van der Waals surface area contributed by atoms with Gasteiger partial charge in [-0.3, -0.25) is 9.59 Å². The number of carbonyl (C=O) groups is 2. The smallest absolute Gasteiger partial charge is 0.306 e. The molecule has 7 nitrogen and oxygen atoms in total. The number of anilines is 1. The van der Waals surface area contributed by atoms with E-state index in [1.54, 1.807) is 23.1 Å². The van der Waals surface area contributed by atoms with E-state index in [1.807, 2.05) is 23.1 Å². The second kappa shape index (κ2) is 9.02. The molecule has 2 aromatic rings. The van der Waals surface area contributed by atoms with Gasteiger partial charge in [-0.25, -0.2) is 4.39 Å². The highest BCUT2D eigenvalue weighted by atomic mass is 19.1. The highest BCUT2D eigenvalue weighted by molar-refractivity contribution is 5.81. The number of nitrogens with zero attached hydrogens (tertiary/aromatic N) is 2. The Morgan fingerprint density at radius 2 is 1.77 bits per heavy atom. The van der Waals surface area contributed by atoms with Crippen LogP contribution in [0.1, 0.15) is 12.0 Å². The fourth-order valence-electron chi connectivity index (χ4n) is 3.55. The van der Waals surface area contributed by atoms with Crippen LogP contribution in [0, 0.1) is 5.82 Å². The van der Waals surface area contributed by atoms with Crippen LogP contribution in [-0.2, 0) is 20.7 Å². The zero-order valence-corrected chi connectivity index (χ0v) is 16.5. The van der Waals surface area contributed by atoms with Gasteiger partial charge in [0.05, 0.1) is 5.69 Å². The van der Waals surface area contributed by atoms with E-state index in [-0.39, 0.29) is 31.5 Å². The molecule has 0 saturated carbocycles. The van der Waals surface area contributed by atoms with Crippen LogP contribution >= 0.6 is 0 Å². The maximum Gasteiger partial charge on any atom is 0.306 e. The van der Waals surface area contributed by atoms with Crippen molar-refractivity contribution in [3.05, 3.63) is 53.8 Å². The zero-order chi connectivity index (χ0) is 20.9. The van der Waals surface area contributed by atoms with Crippen molar-refractivity contribution in [1.82, 2.24) is 4.90 Å². The summed E-state index contributed by atoms with van der Waals surface area (Å²) in [6.07, 6.45) is 0.666. The number of rotatable bonds is 6. The van der Waals surface area contributed by atoms with Crippen LogP contribution in [0.3, 0.4) is 0 Å². The minimum Gasteiger partial charge on any atom is -0.456 e. The van der Waals surface area contributed by atoms with Crippen molar-refractivity contribution in [2.75, 3.05) is 44.5 Å². The molecular formula is C22H23FN2O5. The van der Waals surface area contributed by atoms with Gasteiger partial charge in [-0.2, -0.15) is 0 Å². The van der Waals surface area contributed by atoms with Gasteiger partial charge in [0.15, 0.2) is 18.1 Å². The first kappa shape index (κ1) is 20.0. The third kappa shape index (κ3) is 4.64. The third-order valence-corrected chi connectivity index (χ3v) is 5.24. The van der Waals surface area contributed by atoms with Gasteiger partial charge in [0, 0.05) is 32.6 Å². The second-order valence-electron chi connectivity index (χ2n) is 7.17. The summed E-state index contributed by atoms with van der Waals surface area (Å²) in [6, 6.07) is 12.1. The van der Waals surface area contributed by atoms with Gasteiger partial charge < -0.3 is 24.0 Å². The average Bonchev–Trinajstić information content (AvgIpc) is 3.24. The monoisotopic (exact) mass is 414 g/mol. The minimum absolute atomic E-state index is 0.175. The first-order valence-electron chi connectivity index (χ1n) is 9.91. The van der Waals surface area contributed by atoms with Crippen LogP contribution in [0.2, 0.25) is 0 Å². The van der Waals surface area contributed by atoms with Crippen molar-refractivity contribution in [2.45, 2.75) is 12.8 Å². The summed E-state index contributed by atoms with van der Waals surface area (Å²) in [4.78, 5) is 27.9. The van der Waals surface area contributed by atoms with Gasteiger partial charge in [0.2, 0.25) is 6.79 Å². The largest absolute Gasteiger partial charge is 0.456 e. The number of amides is 1. The molecule has 0 unspecified atom stereocenters. The predicted octanol–water partition coefficient (Wildman–Crippen LogP) is 2.38. The Balaban J connectivity index is 1.18. The molecular weight excluding hydrogens is 391 g/mol. The van der Waals surface area contributed by atoms with E-state index in [1.165, 1.54) is 6.07 Å². The Morgan fingerprint density at radius 1 is 1.00 bits per heavy atom. The third-order valence-electron chi connectivity index (χ3n) is 5.24. The zero-order valence-electron chi connectivity index (χ0n) is 16.5. The fourth-order valence-corrected chi connectivity index (χ4v) is 3.55. The van der Waals surface area contributed by atoms with Crippen LogP contribution in [0.25, 0.3) is 0 Å². The number of esters is 1. The lowest BCUT2D eigenvalue weighted by Crippen LogP contribution is -2.50. The van der Waals surface area contributed by atoms with E-state index in [0.29, 0.717) is 49.8 Å². The van der Waals surface area contributed by atoms with Crippen LogP contribution in [0.5, 0.6) is 11.5 Å². The summed E-state index contributed by atoms with van der Waals surface area (Å²) in [5.74, 6) is 0.437. The normalized spacial score (nSPS) is 15.2. The van der Waals surface area contributed by atoms with E-state index in [0.717, 1.165) is 5.56 Å². The summed E-state index contributed by atoms with van der Waals surface area (Å²) < 4.78 is 29.6. The number of hydrogen-bond donors (Lipinski definition) is 0. The van der Waals surface area contributed by atoms with Gasteiger partial charge >= 0.3 is 5.97 Å². The first-order valence-corrected chi connectivity index (χ1v) is 9.91. The number of para-hydroxylation sites is 1. The van der Waals surface area contributed by atoms with Crippen LogP contribution in [0.4, 0.5) is 10.1 Å². The molecule has 0 N–H and O–H groups in total. The molecule has 2 aliphatic heterocycles. The number of halogens is 1. The summed E-state index contributed by atoms with van der Waals surface area (Å²) in [5, 5.41) is 0. The van der Waals surface area contributed by atoms with Crippen LogP contribution in [-0.4, -0.2) is 56.4 Å². The van der Waals surface area contributed by atoms with Gasteiger partial charge in [0.1, 0.15) is 5.82 Å². The maximum absolute atomic E-state index is 13.9. The number of fused-ring (bicyclic) bond motifs is 1. The molecule has 0 radical (unpaired) electrons. The number of benzene rings is 2. The van der Waals surface area contributed by atoms with Crippen molar-refractivity contribution < 1.29 is 28.2 Å². The maximum atomic E-state index is 13.9. The SMILES string of the molecule is O=C(CCc1ccc2c(c1)OCO2)OCC(=O)N1CCN(c2ccccc2F)CC1. The summed E-state index contributed by atoms with van der Waals surface area (Å²) in [7, 11) is 0. The first-order chi connectivity index (χ1) is 14.6. The Hall–Kier alpha value is -3.29. The van der Waals surface area contributed by atoms with Crippen LogP contribution in [0.15, 0.2) is 42.5 Å². The molecule has 0 spiro atoms. The van der Waals surface area contributed by atoms with E-state index in [9.17, 15) is 14.0 Å². The Kier molecular flexibility index (Phi) is 6.02. The van der Waals surface area contributed by atoms with E-state index in [4.69, 9.17) is 14.2 Å². The van der Waals surface area contributed by atoms with E-state index in [2.05, 4.69) is 0 Å². The molecule has 2 aromatic carbocycles. The molecule has 30 heavy (non-hydrogen) atoms. The van der Waals surface area contributed by atoms with E-state index >= 15 is 0 Å². The van der Waals surface area contributed by atoms with Crippen molar-refractivity contribution in [2.24, 2.45) is 0 Å². The van der Waals surface area contributed by atoms with Crippen molar-refractivity contribution in [1.29, 1.82) is 0 Å². The van der Waals surface area contributed by atoms with Crippen LogP contribution < -0.4 is 14.4 Å². The molecule has 0 bridgehead atoms. The summed E-state index contributed by atoms with van der Waals surface area (Å²) in [5.41, 5.74) is 1.48. The molecule has 158 valence electrons. The molecule has 8 heteroatoms. The standard InChI is InChI=1S/C22H23FN2O5/c23-17-3-1-2-4-18(17)24-9-11-25(12-10-24)21(26)14-28-22(27)8-6-16-5-7-19-20(13-16)30-15-29-19/h1-5,7,13H,6,8-12,14-15H2. The lowest BCUT2D eigenvalue weighted by molar-refractivity contribution is -0.152. The predicted molar refractivity (Wildman–Crippen MR) is 107 cm³/mol. The quantitative estimate of drug-likeness (QED) is 0.676. The fraction of sp³-hybridized carbons (Fsp3) is 0.364. The molecule has 1 saturated heterocycles. The highest BCUT2D eigenvalue weighted by Gasteiger charge is 2.23. The lowest BCUT2D eigenvalue weighted by atomic mass is 10.1. The Labute approximate surface area is 173 Å². The molecule has 0 aromatic heterocycles. The van der Waals surface area contributed by atoms with Gasteiger partial charge in [-0.05, 0) is 36.2 Å². The van der Waals surface area contributed by atoms with Crippen molar-refractivity contribution in [3.8, 4) is 11.5 Å². The summed E-state index contributed by atoms with van der Waals surface area (Å²) in [6.45, 7) is 1.91. The van der Waals surface area contributed by atoms with Crippen molar-refractivity contribution in [3.63, 3.8) is 0 Å². The lowest BCUT2D eigenvalue weighted by Gasteiger charge is -2.36. The van der Waals surface area contributed by atoms with Gasteiger partial charge in [0.25, 0.3) is 5.91 Å². The molecule has 0 atom stereocenters. The molecule has 2 aliphatic rings. The Morgan fingerprint density at radius 3 is 2.57 bits per heavy atom. The number of aryl methyl sites for hydroxylation is 1. The minimum atomic E-state index is -0.425. The molecule has 2 heterocycles. The van der Waals surface area contributed by atoms with E-state index < -0.39 is 5.97 Å². The summed E-state index contributed by atoms with van der Waals surface area (Å²) >= 11 is 0. The molecule has 0 aliphatic carbocycles. The molecule has 4 rings (SSSR count). The molecule has 1 fully saturated rings.